The Morgan fingerprint density at radius 2 is 1.94 bits per heavy atom. The van der Waals surface area contributed by atoms with Crippen molar-refractivity contribution in [1.82, 2.24) is 14.5 Å². The molecule has 8 heteroatoms. The number of hydrogen-bond acceptors (Lipinski definition) is 5. The van der Waals surface area contributed by atoms with Gasteiger partial charge in [-0.2, -0.15) is 0 Å². The van der Waals surface area contributed by atoms with Crippen LogP contribution in [0.25, 0.3) is 0 Å². The molecule has 8 nitrogen and oxygen atoms in total. The summed E-state index contributed by atoms with van der Waals surface area (Å²) in [6, 6.07) is 15.7. The number of benzene rings is 2. The SMILES string of the molecule is Cn1ccnc1CN1C(=O)COC(c2ccc(NC(=O)c3ccccc3)cc2)C1CO. The Morgan fingerprint density at radius 3 is 2.58 bits per heavy atom. The first-order chi connectivity index (χ1) is 15.1. The van der Waals surface area contributed by atoms with E-state index in [1.165, 1.54) is 0 Å². The Bertz CT molecular complexity index is 1050. The van der Waals surface area contributed by atoms with E-state index in [0.29, 0.717) is 17.8 Å². The molecule has 1 aliphatic heterocycles. The van der Waals surface area contributed by atoms with Crippen molar-refractivity contribution in [3.8, 4) is 0 Å². The van der Waals surface area contributed by atoms with Crippen molar-refractivity contribution in [2.75, 3.05) is 18.5 Å². The Labute approximate surface area is 180 Å². The molecule has 1 fully saturated rings. The van der Waals surface area contributed by atoms with E-state index in [1.54, 1.807) is 35.4 Å². The van der Waals surface area contributed by atoms with Crippen LogP contribution in [0.5, 0.6) is 0 Å². The van der Waals surface area contributed by atoms with Crippen LogP contribution in [0.2, 0.25) is 0 Å². The minimum absolute atomic E-state index is 0.0713. The number of carbonyl (C=O) groups is 2. The van der Waals surface area contributed by atoms with E-state index in [4.69, 9.17) is 4.74 Å². The van der Waals surface area contributed by atoms with E-state index in [0.717, 1.165) is 11.4 Å². The molecule has 0 radical (unpaired) electrons. The number of anilines is 1. The van der Waals surface area contributed by atoms with Crippen LogP contribution in [0.3, 0.4) is 0 Å². The van der Waals surface area contributed by atoms with E-state index >= 15 is 0 Å². The standard InChI is InChI=1S/C23H24N4O4/c1-26-12-11-24-20(26)13-27-19(14-28)22(31-15-21(27)29)16-7-9-18(10-8-16)25-23(30)17-5-3-2-4-6-17/h2-12,19,22,28H,13-15H2,1H3,(H,25,30). The van der Waals surface area contributed by atoms with Crippen molar-refractivity contribution < 1.29 is 19.4 Å². The van der Waals surface area contributed by atoms with Crippen molar-refractivity contribution in [2.24, 2.45) is 7.05 Å². The number of aryl methyl sites for hydroxylation is 1. The van der Waals surface area contributed by atoms with Gasteiger partial charge >= 0.3 is 0 Å². The Hall–Kier alpha value is -3.49. The Kier molecular flexibility index (Phi) is 6.11. The van der Waals surface area contributed by atoms with Crippen molar-refractivity contribution >= 4 is 17.5 Å². The summed E-state index contributed by atoms with van der Waals surface area (Å²) in [4.78, 5) is 30.7. The molecule has 3 aromatic rings. The fourth-order valence-electron chi connectivity index (χ4n) is 3.67. The third-order valence-electron chi connectivity index (χ3n) is 5.41. The van der Waals surface area contributed by atoms with E-state index in [1.807, 2.05) is 48.1 Å². The predicted octanol–water partition coefficient (Wildman–Crippen LogP) is 2.13. The highest BCUT2D eigenvalue weighted by Crippen LogP contribution is 2.30. The Morgan fingerprint density at radius 1 is 1.19 bits per heavy atom. The van der Waals surface area contributed by atoms with Crippen LogP contribution in [-0.2, 0) is 23.1 Å². The normalized spacial score (nSPS) is 18.8. The van der Waals surface area contributed by atoms with Crippen molar-refractivity contribution in [2.45, 2.75) is 18.7 Å². The molecule has 2 atom stereocenters. The molecule has 2 unspecified atom stereocenters. The summed E-state index contributed by atoms with van der Waals surface area (Å²) in [5.41, 5.74) is 2.04. The number of imidazole rings is 1. The molecule has 2 amide bonds. The van der Waals surface area contributed by atoms with Gasteiger partial charge in [0.25, 0.3) is 5.91 Å². The smallest absolute Gasteiger partial charge is 0.255 e. The van der Waals surface area contributed by atoms with Gasteiger partial charge in [0, 0.05) is 30.7 Å². The summed E-state index contributed by atoms with van der Waals surface area (Å²) in [7, 11) is 1.86. The average Bonchev–Trinajstić information content (AvgIpc) is 3.20. The van der Waals surface area contributed by atoms with Crippen LogP contribution in [0.4, 0.5) is 5.69 Å². The number of aliphatic hydroxyl groups is 1. The van der Waals surface area contributed by atoms with Gasteiger partial charge in [0.1, 0.15) is 18.5 Å². The van der Waals surface area contributed by atoms with Crippen LogP contribution < -0.4 is 5.32 Å². The summed E-state index contributed by atoms with van der Waals surface area (Å²) >= 11 is 0. The molecule has 31 heavy (non-hydrogen) atoms. The second kappa shape index (κ2) is 9.11. The van der Waals surface area contributed by atoms with E-state index in [9.17, 15) is 14.7 Å². The van der Waals surface area contributed by atoms with Gasteiger partial charge < -0.3 is 24.6 Å². The molecule has 1 aromatic heterocycles. The highest BCUT2D eigenvalue weighted by molar-refractivity contribution is 6.04. The van der Waals surface area contributed by atoms with Crippen molar-refractivity contribution in [1.29, 1.82) is 0 Å². The third-order valence-corrected chi connectivity index (χ3v) is 5.41. The lowest BCUT2D eigenvalue weighted by Crippen LogP contribution is -2.52. The lowest BCUT2D eigenvalue weighted by molar-refractivity contribution is -0.162. The molecule has 160 valence electrons. The van der Waals surface area contributed by atoms with Gasteiger partial charge in [0.15, 0.2) is 0 Å². The molecular weight excluding hydrogens is 396 g/mol. The Balaban J connectivity index is 1.49. The first kappa shape index (κ1) is 20.8. The molecule has 1 saturated heterocycles. The zero-order valence-electron chi connectivity index (χ0n) is 17.1. The maximum absolute atomic E-state index is 12.5. The molecule has 2 N–H and O–H groups in total. The largest absolute Gasteiger partial charge is 0.394 e. The molecule has 0 spiro atoms. The predicted molar refractivity (Wildman–Crippen MR) is 114 cm³/mol. The molecule has 0 saturated carbocycles. The number of amides is 2. The number of morpholine rings is 1. The van der Waals surface area contributed by atoms with Gasteiger partial charge in [-0.3, -0.25) is 9.59 Å². The lowest BCUT2D eigenvalue weighted by atomic mass is 9.99. The number of nitrogens with one attached hydrogen (secondary N) is 1. The molecule has 2 aromatic carbocycles. The van der Waals surface area contributed by atoms with Gasteiger partial charge in [-0.25, -0.2) is 4.98 Å². The van der Waals surface area contributed by atoms with E-state index in [2.05, 4.69) is 10.3 Å². The van der Waals surface area contributed by atoms with Crippen LogP contribution >= 0.6 is 0 Å². The topological polar surface area (TPSA) is 96.7 Å². The van der Waals surface area contributed by atoms with Gasteiger partial charge in [0.2, 0.25) is 5.91 Å². The summed E-state index contributed by atoms with van der Waals surface area (Å²) in [6.45, 7) is -0.0238. The highest BCUT2D eigenvalue weighted by atomic mass is 16.5. The zero-order chi connectivity index (χ0) is 21.8. The quantitative estimate of drug-likeness (QED) is 0.637. The number of nitrogens with zero attached hydrogens (tertiary/aromatic N) is 3. The second-order valence-electron chi connectivity index (χ2n) is 7.40. The van der Waals surface area contributed by atoms with Gasteiger partial charge in [-0.15, -0.1) is 0 Å². The first-order valence-corrected chi connectivity index (χ1v) is 10.0. The third kappa shape index (κ3) is 4.50. The van der Waals surface area contributed by atoms with Crippen LogP contribution in [0, 0.1) is 0 Å². The minimum atomic E-state index is -0.539. The maximum Gasteiger partial charge on any atom is 0.255 e. The minimum Gasteiger partial charge on any atom is -0.394 e. The van der Waals surface area contributed by atoms with Crippen LogP contribution in [-0.4, -0.2) is 50.6 Å². The molecule has 4 rings (SSSR count). The monoisotopic (exact) mass is 420 g/mol. The fourth-order valence-corrected chi connectivity index (χ4v) is 3.67. The number of carbonyl (C=O) groups excluding carboxylic acids is 2. The van der Waals surface area contributed by atoms with Crippen molar-refractivity contribution in [3.05, 3.63) is 83.9 Å². The molecule has 0 aliphatic carbocycles. The van der Waals surface area contributed by atoms with Crippen LogP contribution in [0.1, 0.15) is 27.8 Å². The summed E-state index contributed by atoms with van der Waals surface area (Å²) in [5.74, 6) is 0.346. The van der Waals surface area contributed by atoms with E-state index < -0.39 is 12.1 Å². The van der Waals surface area contributed by atoms with Gasteiger partial charge in [0.05, 0.1) is 19.2 Å². The molecular formula is C23H24N4O4. The first-order valence-electron chi connectivity index (χ1n) is 10.0. The lowest BCUT2D eigenvalue weighted by Gasteiger charge is -2.40. The van der Waals surface area contributed by atoms with Gasteiger partial charge in [-0.1, -0.05) is 30.3 Å². The highest BCUT2D eigenvalue weighted by Gasteiger charge is 2.37. The zero-order valence-corrected chi connectivity index (χ0v) is 17.1. The number of aliphatic hydroxyl groups excluding tert-OH is 1. The van der Waals surface area contributed by atoms with Crippen LogP contribution in [0.15, 0.2) is 67.0 Å². The number of rotatable bonds is 6. The van der Waals surface area contributed by atoms with Crippen molar-refractivity contribution in [3.63, 3.8) is 0 Å². The van der Waals surface area contributed by atoms with Gasteiger partial charge in [-0.05, 0) is 29.8 Å². The average molecular weight is 420 g/mol. The summed E-state index contributed by atoms with van der Waals surface area (Å²) in [6.07, 6.45) is 3.00. The molecule has 0 bridgehead atoms. The second-order valence-corrected chi connectivity index (χ2v) is 7.40. The molecule has 1 aliphatic rings. The summed E-state index contributed by atoms with van der Waals surface area (Å²) < 4.78 is 7.63. The summed E-state index contributed by atoms with van der Waals surface area (Å²) in [5, 5.41) is 12.9. The van der Waals surface area contributed by atoms with E-state index in [-0.39, 0.29) is 25.0 Å². The fraction of sp³-hybridized carbons (Fsp3) is 0.261. The number of hydrogen-bond donors (Lipinski definition) is 2. The maximum atomic E-state index is 12.5. The molecule has 2 heterocycles. The number of ether oxygens (including phenoxy) is 1. The number of aromatic nitrogens is 2.